The zero-order chi connectivity index (χ0) is 20.1. The molecule has 1 aliphatic carbocycles. The quantitative estimate of drug-likeness (QED) is 0.733. The first-order chi connectivity index (χ1) is 13.5. The highest BCUT2D eigenvalue weighted by molar-refractivity contribution is 5.74. The third-order valence-electron chi connectivity index (χ3n) is 6.02. The van der Waals surface area contributed by atoms with Crippen molar-refractivity contribution < 1.29 is 14.7 Å². The minimum atomic E-state index is -0.798. The van der Waals surface area contributed by atoms with Gasteiger partial charge in [-0.3, -0.25) is 19.6 Å². The number of aliphatic carboxylic acids is 1. The Morgan fingerprint density at radius 3 is 2.61 bits per heavy atom. The van der Waals surface area contributed by atoms with Crippen LogP contribution in [0.25, 0.3) is 0 Å². The summed E-state index contributed by atoms with van der Waals surface area (Å²) in [6.07, 6.45) is 5.33. The van der Waals surface area contributed by atoms with E-state index in [1.54, 1.807) is 6.20 Å². The van der Waals surface area contributed by atoms with E-state index in [9.17, 15) is 9.59 Å². The monoisotopic (exact) mass is 389 g/mol. The average molecular weight is 390 g/mol. The van der Waals surface area contributed by atoms with Crippen molar-refractivity contribution in [2.45, 2.75) is 44.8 Å². The number of pyridine rings is 1. The fourth-order valence-corrected chi connectivity index (χ4v) is 4.09. The van der Waals surface area contributed by atoms with Gasteiger partial charge in [0.25, 0.3) is 0 Å². The van der Waals surface area contributed by atoms with Gasteiger partial charge in [0.15, 0.2) is 0 Å². The van der Waals surface area contributed by atoms with Gasteiger partial charge >= 0.3 is 12.0 Å². The Hall–Kier alpha value is -2.19. The van der Waals surface area contributed by atoms with Crippen LogP contribution in [-0.2, 0) is 4.79 Å². The summed E-state index contributed by atoms with van der Waals surface area (Å²) in [5.74, 6) is -0.798. The lowest BCUT2D eigenvalue weighted by molar-refractivity contribution is -0.139. The Morgan fingerprint density at radius 1 is 1.32 bits per heavy atom. The number of piperazine rings is 1. The van der Waals surface area contributed by atoms with Crippen LogP contribution in [0.4, 0.5) is 4.79 Å². The third kappa shape index (κ3) is 4.99. The first kappa shape index (κ1) is 20.5. The van der Waals surface area contributed by atoms with Gasteiger partial charge in [0.1, 0.15) is 0 Å². The summed E-state index contributed by atoms with van der Waals surface area (Å²) >= 11 is 0. The number of hydrogen-bond donors (Lipinski definition) is 2. The van der Waals surface area contributed by atoms with Gasteiger partial charge < -0.3 is 15.3 Å². The van der Waals surface area contributed by atoms with Crippen LogP contribution >= 0.6 is 0 Å². The first-order valence-electron chi connectivity index (χ1n) is 10.1. The second-order valence-electron chi connectivity index (χ2n) is 7.71. The molecule has 2 heterocycles. The molecule has 1 saturated heterocycles. The summed E-state index contributed by atoms with van der Waals surface area (Å²) in [5, 5.41) is 12.1. The van der Waals surface area contributed by atoms with Crippen LogP contribution in [0.2, 0.25) is 0 Å². The van der Waals surface area contributed by atoms with Crippen molar-refractivity contribution in [1.29, 1.82) is 0 Å². The molecule has 154 valence electrons. The lowest BCUT2D eigenvalue weighted by Gasteiger charge is -2.43. The maximum atomic E-state index is 12.6. The van der Waals surface area contributed by atoms with Gasteiger partial charge in [-0.05, 0) is 37.9 Å². The Bertz CT molecular complexity index is 657. The molecule has 0 spiro atoms. The molecule has 1 saturated carbocycles. The van der Waals surface area contributed by atoms with E-state index < -0.39 is 5.97 Å². The number of rotatable bonds is 7. The number of nitrogens with zero attached hydrogens (tertiary/aromatic N) is 4. The number of urea groups is 1. The largest absolute Gasteiger partial charge is 0.480 e. The Balaban J connectivity index is 1.40. The Labute approximate surface area is 166 Å². The summed E-state index contributed by atoms with van der Waals surface area (Å²) in [7, 11) is 0. The molecular formula is C20H31N5O3. The zero-order valence-corrected chi connectivity index (χ0v) is 16.8. The standard InChI is InChI=1S/C20H31N5O3/c1-3-23(14-19(26)27)18-11-17(12-18)22-20(28)25-9-7-24(8-10-25)15(2)16-5-4-6-21-13-16/h4-6,13,15,17-18H,3,7-12,14H2,1-2H3,(H,22,28)(H,26,27). The first-order valence-corrected chi connectivity index (χ1v) is 10.1. The third-order valence-corrected chi connectivity index (χ3v) is 6.02. The molecule has 8 nitrogen and oxygen atoms in total. The van der Waals surface area contributed by atoms with Crippen molar-refractivity contribution in [2.75, 3.05) is 39.3 Å². The normalized spacial score (nSPS) is 23.9. The van der Waals surface area contributed by atoms with E-state index in [2.05, 4.69) is 28.2 Å². The second-order valence-corrected chi connectivity index (χ2v) is 7.71. The number of nitrogens with one attached hydrogen (secondary N) is 1. The van der Waals surface area contributed by atoms with Crippen LogP contribution in [0.1, 0.15) is 38.3 Å². The fraction of sp³-hybridized carbons (Fsp3) is 0.650. The van der Waals surface area contributed by atoms with Gasteiger partial charge in [0.2, 0.25) is 0 Å². The van der Waals surface area contributed by atoms with Gasteiger partial charge in [-0.15, -0.1) is 0 Å². The van der Waals surface area contributed by atoms with Crippen LogP contribution in [-0.4, -0.2) is 88.1 Å². The summed E-state index contributed by atoms with van der Waals surface area (Å²) in [4.78, 5) is 33.9. The van der Waals surface area contributed by atoms with Gasteiger partial charge in [-0.2, -0.15) is 0 Å². The summed E-state index contributed by atoms with van der Waals surface area (Å²) in [6, 6.07) is 4.74. The van der Waals surface area contributed by atoms with Crippen molar-refractivity contribution in [2.24, 2.45) is 0 Å². The zero-order valence-electron chi connectivity index (χ0n) is 16.8. The van der Waals surface area contributed by atoms with Crippen LogP contribution < -0.4 is 5.32 Å². The molecule has 28 heavy (non-hydrogen) atoms. The lowest BCUT2D eigenvalue weighted by atomic mass is 9.85. The molecule has 1 aliphatic heterocycles. The second kappa shape index (κ2) is 9.34. The molecule has 2 aliphatic rings. The Kier molecular flexibility index (Phi) is 6.85. The van der Waals surface area contributed by atoms with E-state index >= 15 is 0 Å². The maximum Gasteiger partial charge on any atom is 0.317 e. The molecule has 2 amide bonds. The Morgan fingerprint density at radius 2 is 2.04 bits per heavy atom. The smallest absolute Gasteiger partial charge is 0.317 e. The van der Waals surface area contributed by atoms with Crippen LogP contribution in [0.5, 0.6) is 0 Å². The molecule has 1 aromatic heterocycles. The number of carboxylic acid groups (broad SMARTS) is 1. The molecule has 2 fully saturated rings. The number of hydrogen-bond acceptors (Lipinski definition) is 5. The SMILES string of the molecule is CCN(CC(=O)O)C1CC(NC(=O)N2CCN(C(C)c3cccnc3)CC2)C1. The van der Waals surface area contributed by atoms with E-state index in [0.29, 0.717) is 25.7 Å². The van der Waals surface area contributed by atoms with Crippen molar-refractivity contribution in [1.82, 2.24) is 25.0 Å². The van der Waals surface area contributed by atoms with Gasteiger partial charge in [0, 0.05) is 56.7 Å². The molecule has 0 aromatic carbocycles. The van der Waals surface area contributed by atoms with Crippen molar-refractivity contribution in [3.8, 4) is 0 Å². The highest BCUT2D eigenvalue weighted by atomic mass is 16.4. The van der Waals surface area contributed by atoms with Gasteiger partial charge in [0.05, 0.1) is 6.54 Å². The van der Waals surface area contributed by atoms with Gasteiger partial charge in [-0.25, -0.2) is 4.79 Å². The summed E-state index contributed by atoms with van der Waals surface area (Å²) in [5.41, 5.74) is 1.20. The summed E-state index contributed by atoms with van der Waals surface area (Å²) < 4.78 is 0. The number of aromatic nitrogens is 1. The van der Waals surface area contributed by atoms with E-state index in [-0.39, 0.29) is 24.7 Å². The molecule has 0 bridgehead atoms. The van der Waals surface area contributed by atoms with Crippen molar-refractivity contribution in [3.05, 3.63) is 30.1 Å². The molecule has 1 unspecified atom stereocenters. The van der Waals surface area contributed by atoms with E-state index in [0.717, 1.165) is 25.9 Å². The minimum Gasteiger partial charge on any atom is -0.480 e. The molecule has 0 radical (unpaired) electrons. The molecule has 3 rings (SSSR count). The van der Waals surface area contributed by atoms with E-state index in [1.807, 2.05) is 29.0 Å². The predicted octanol–water partition coefficient (Wildman–Crippen LogP) is 1.41. The average Bonchev–Trinajstić information content (AvgIpc) is 2.68. The number of carboxylic acids is 1. The number of carbonyl (C=O) groups is 2. The molecular weight excluding hydrogens is 358 g/mol. The summed E-state index contributed by atoms with van der Waals surface area (Å²) in [6.45, 7) is 8.06. The van der Waals surface area contributed by atoms with E-state index in [1.165, 1.54) is 5.56 Å². The number of carbonyl (C=O) groups excluding carboxylic acids is 1. The van der Waals surface area contributed by atoms with Crippen molar-refractivity contribution >= 4 is 12.0 Å². The minimum absolute atomic E-state index is 0.00147. The maximum absolute atomic E-state index is 12.6. The molecule has 1 atom stereocenters. The molecule has 8 heteroatoms. The topological polar surface area (TPSA) is 89.0 Å². The van der Waals surface area contributed by atoms with E-state index in [4.69, 9.17) is 5.11 Å². The fourth-order valence-electron chi connectivity index (χ4n) is 4.09. The van der Waals surface area contributed by atoms with Crippen LogP contribution in [0.3, 0.4) is 0 Å². The van der Waals surface area contributed by atoms with Crippen LogP contribution in [0.15, 0.2) is 24.5 Å². The lowest BCUT2D eigenvalue weighted by Crippen LogP contribution is -2.59. The van der Waals surface area contributed by atoms with Crippen LogP contribution in [0, 0.1) is 0 Å². The predicted molar refractivity (Wildman–Crippen MR) is 106 cm³/mol. The highest BCUT2D eigenvalue weighted by Crippen LogP contribution is 2.26. The highest BCUT2D eigenvalue weighted by Gasteiger charge is 2.36. The molecule has 1 aromatic rings. The number of likely N-dealkylation sites (N-methyl/N-ethyl adjacent to an activating group) is 1. The molecule has 2 N–H and O–H groups in total. The number of amides is 2. The van der Waals surface area contributed by atoms with Gasteiger partial charge in [-0.1, -0.05) is 13.0 Å². The van der Waals surface area contributed by atoms with Crippen molar-refractivity contribution in [3.63, 3.8) is 0 Å².